The Hall–Kier alpha value is -1.72. The molecule has 88 valence electrons. The second-order valence-electron chi connectivity index (χ2n) is 3.56. The number of nitrogens with zero attached hydrogens (tertiary/aromatic N) is 3. The van der Waals surface area contributed by atoms with Gasteiger partial charge in [0, 0.05) is 6.04 Å². The van der Waals surface area contributed by atoms with Crippen LogP contribution >= 0.6 is 0 Å². The largest absolute Gasteiger partial charge is 0.352 e. The maximum atomic E-state index is 10.4. The Kier molecular flexibility index (Phi) is 4.63. The molecule has 0 fully saturated rings. The molecule has 1 rings (SSSR count). The van der Waals surface area contributed by atoms with Gasteiger partial charge < -0.3 is 5.32 Å². The summed E-state index contributed by atoms with van der Waals surface area (Å²) in [7, 11) is 0. The summed E-state index contributed by atoms with van der Waals surface area (Å²) >= 11 is 0. The van der Waals surface area contributed by atoms with Gasteiger partial charge in [0.15, 0.2) is 0 Å². The molecule has 0 spiro atoms. The smallest absolute Gasteiger partial charge is 0.305 e. The minimum atomic E-state index is -0.507. The van der Waals surface area contributed by atoms with Gasteiger partial charge in [0.05, 0.1) is 4.92 Å². The highest BCUT2D eigenvalue weighted by Crippen LogP contribution is 2.11. The van der Waals surface area contributed by atoms with Crippen molar-refractivity contribution in [2.75, 3.05) is 5.32 Å². The number of rotatable bonds is 6. The number of hydrogen-bond donors (Lipinski definition) is 1. The van der Waals surface area contributed by atoms with E-state index in [0.29, 0.717) is 12.0 Å². The molecule has 1 atom stereocenters. The third-order valence-electron chi connectivity index (χ3n) is 2.31. The molecule has 16 heavy (non-hydrogen) atoms. The highest BCUT2D eigenvalue weighted by atomic mass is 16.6. The second kappa shape index (κ2) is 5.99. The van der Waals surface area contributed by atoms with Crippen molar-refractivity contribution in [2.24, 2.45) is 0 Å². The summed E-state index contributed by atoms with van der Waals surface area (Å²) in [4.78, 5) is 17.7. The van der Waals surface area contributed by atoms with Crippen molar-refractivity contribution in [3.05, 3.63) is 22.5 Å². The van der Waals surface area contributed by atoms with Crippen molar-refractivity contribution >= 4 is 11.6 Å². The van der Waals surface area contributed by atoms with E-state index in [1.54, 1.807) is 0 Å². The van der Waals surface area contributed by atoms with Crippen LogP contribution in [0, 0.1) is 10.1 Å². The van der Waals surface area contributed by atoms with Gasteiger partial charge in [0.2, 0.25) is 5.95 Å². The summed E-state index contributed by atoms with van der Waals surface area (Å²) < 4.78 is 0. The highest BCUT2D eigenvalue weighted by Gasteiger charge is 2.09. The van der Waals surface area contributed by atoms with Gasteiger partial charge in [-0.25, -0.2) is 9.97 Å². The van der Waals surface area contributed by atoms with Crippen LogP contribution in [0.5, 0.6) is 0 Å². The van der Waals surface area contributed by atoms with E-state index in [1.165, 1.54) is 12.4 Å². The predicted molar refractivity (Wildman–Crippen MR) is 61.3 cm³/mol. The van der Waals surface area contributed by atoms with Gasteiger partial charge in [-0.1, -0.05) is 20.3 Å². The zero-order chi connectivity index (χ0) is 12.0. The lowest BCUT2D eigenvalue weighted by Crippen LogP contribution is -2.19. The van der Waals surface area contributed by atoms with E-state index in [-0.39, 0.29) is 5.69 Å². The van der Waals surface area contributed by atoms with Crippen LogP contribution in [-0.4, -0.2) is 20.9 Å². The third kappa shape index (κ3) is 3.45. The molecule has 0 saturated heterocycles. The van der Waals surface area contributed by atoms with Gasteiger partial charge in [-0.2, -0.15) is 0 Å². The van der Waals surface area contributed by atoms with E-state index < -0.39 is 4.92 Å². The molecule has 0 aliphatic carbocycles. The molecule has 0 aliphatic rings. The molecule has 0 aliphatic heterocycles. The molecule has 0 saturated carbocycles. The minimum absolute atomic E-state index is 0.0888. The van der Waals surface area contributed by atoms with Crippen LogP contribution in [0.3, 0.4) is 0 Å². The molecular weight excluding hydrogens is 208 g/mol. The lowest BCUT2D eigenvalue weighted by atomic mass is 10.1. The molecule has 0 aromatic carbocycles. The molecule has 1 N–H and O–H groups in total. The van der Waals surface area contributed by atoms with E-state index in [1.807, 2.05) is 0 Å². The van der Waals surface area contributed by atoms with Gasteiger partial charge in [-0.05, 0) is 12.8 Å². The lowest BCUT2D eigenvalue weighted by molar-refractivity contribution is -0.385. The predicted octanol–water partition coefficient (Wildman–Crippen LogP) is 2.38. The van der Waals surface area contributed by atoms with Crippen molar-refractivity contribution in [1.82, 2.24) is 9.97 Å². The summed E-state index contributed by atoms with van der Waals surface area (Å²) in [5.74, 6) is 0.450. The molecular formula is C10H16N4O2. The standard InChI is InChI=1S/C10H16N4O2/c1-3-5-8(4-2)13-10-11-6-9(7-12-10)14(15)16/h6-8H,3-5H2,1-2H3,(H,11,12,13). The fourth-order valence-corrected chi connectivity index (χ4v) is 1.40. The van der Waals surface area contributed by atoms with Crippen molar-refractivity contribution < 1.29 is 4.92 Å². The Balaban J connectivity index is 2.63. The normalized spacial score (nSPS) is 12.1. The second-order valence-corrected chi connectivity index (χ2v) is 3.56. The number of anilines is 1. The Morgan fingerprint density at radius 1 is 1.44 bits per heavy atom. The fraction of sp³-hybridized carbons (Fsp3) is 0.600. The van der Waals surface area contributed by atoms with E-state index in [2.05, 4.69) is 29.1 Å². The van der Waals surface area contributed by atoms with Crippen LogP contribution < -0.4 is 5.32 Å². The van der Waals surface area contributed by atoms with Gasteiger partial charge >= 0.3 is 5.69 Å². The zero-order valence-electron chi connectivity index (χ0n) is 9.51. The average Bonchev–Trinajstić information content (AvgIpc) is 2.29. The zero-order valence-corrected chi connectivity index (χ0v) is 9.51. The van der Waals surface area contributed by atoms with Crippen LogP contribution in [0.2, 0.25) is 0 Å². The molecule has 6 nitrogen and oxygen atoms in total. The van der Waals surface area contributed by atoms with Crippen LogP contribution in [0.4, 0.5) is 11.6 Å². The van der Waals surface area contributed by atoms with Crippen LogP contribution in [-0.2, 0) is 0 Å². The maximum absolute atomic E-state index is 10.4. The number of nitrogens with one attached hydrogen (secondary N) is 1. The van der Waals surface area contributed by atoms with Gasteiger partial charge in [0.1, 0.15) is 12.4 Å². The number of hydrogen-bond acceptors (Lipinski definition) is 5. The minimum Gasteiger partial charge on any atom is -0.352 e. The first-order valence-corrected chi connectivity index (χ1v) is 5.40. The molecule has 0 radical (unpaired) electrons. The maximum Gasteiger partial charge on any atom is 0.305 e. The van der Waals surface area contributed by atoms with Crippen LogP contribution in [0.1, 0.15) is 33.1 Å². The van der Waals surface area contributed by atoms with Gasteiger partial charge in [-0.15, -0.1) is 0 Å². The van der Waals surface area contributed by atoms with Crippen LogP contribution in [0.25, 0.3) is 0 Å². The van der Waals surface area contributed by atoms with Crippen molar-refractivity contribution in [2.45, 2.75) is 39.2 Å². The summed E-state index contributed by atoms with van der Waals surface area (Å²) in [5, 5.41) is 13.5. The molecule has 1 heterocycles. The SMILES string of the molecule is CCCC(CC)Nc1ncc([N+](=O)[O-])cn1. The number of nitro groups is 1. The first kappa shape index (κ1) is 12.4. The average molecular weight is 224 g/mol. The summed E-state index contributed by atoms with van der Waals surface area (Å²) in [6.07, 6.45) is 5.53. The highest BCUT2D eigenvalue weighted by molar-refractivity contribution is 5.31. The van der Waals surface area contributed by atoms with E-state index in [0.717, 1.165) is 19.3 Å². The first-order chi connectivity index (χ1) is 7.67. The number of aromatic nitrogens is 2. The van der Waals surface area contributed by atoms with Crippen molar-refractivity contribution in [3.63, 3.8) is 0 Å². The fourth-order valence-electron chi connectivity index (χ4n) is 1.40. The third-order valence-corrected chi connectivity index (χ3v) is 2.31. The van der Waals surface area contributed by atoms with Gasteiger partial charge in [-0.3, -0.25) is 10.1 Å². The van der Waals surface area contributed by atoms with E-state index >= 15 is 0 Å². The Morgan fingerprint density at radius 2 is 2.06 bits per heavy atom. The first-order valence-electron chi connectivity index (χ1n) is 5.40. The Labute approximate surface area is 94.3 Å². The van der Waals surface area contributed by atoms with E-state index in [9.17, 15) is 10.1 Å². The topological polar surface area (TPSA) is 81.0 Å². The monoisotopic (exact) mass is 224 g/mol. The van der Waals surface area contributed by atoms with Crippen molar-refractivity contribution in [1.29, 1.82) is 0 Å². The molecule has 1 unspecified atom stereocenters. The summed E-state index contributed by atoms with van der Waals surface area (Å²) in [6, 6.07) is 0.325. The van der Waals surface area contributed by atoms with Crippen molar-refractivity contribution in [3.8, 4) is 0 Å². The molecule has 6 heteroatoms. The summed E-state index contributed by atoms with van der Waals surface area (Å²) in [6.45, 7) is 4.19. The molecule has 1 aromatic rings. The Bertz CT molecular complexity index is 339. The lowest BCUT2D eigenvalue weighted by Gasteiger charge is -2.15. The Morgan fingerprint density at radius 3 is 2.50 bits per heavy atom. The molecule has 0 amide bonds. The quantitative estimate of drug-likeness (QED) is 0.592. The molecule has 1 aromatic heterocycles. The van der Waals surface area contributed by atoms with Crippen LogP contribution in [0.15, 0.2) is 12.4 Å². The summed E-state index contributed by atoms with van der Waals surface area (Å²) in [5.41, 5.74) is -0.0888. The van der Waals surface area contributed by atoms with E-state index in [4.69, 9.17) is 0 Å². The van der Waals surface area contributed by atoms with Gasteiger partial charge in [0.25, 0.3) is 0 Å². The molecule has 0 bridgehead atoms.